The molecular formula is C25H36O2S. The number of carbonyl (C=O) groups is 1. The first-order valence-electron chi connectivity index (χ1n) is 10.2. The van der Waals surface area contributed by atoms with Gasteiger partial charge in [-0.05, 0) is 63.2 Å². The molecule has 0 aromatic carbocycles. The smallest absolute Gasteiger partial charge is 0.307 e. The topological polar surface area (TPSA) is 37.3 Å². The number of rotatable bonds is 16. The molecule has 0 saturated carbocycles. The van der Waals surface area contributed by atoms with E-state index in [0.717, 1.165) is 43.4 Å². The van der Waals surface area contributed by atoms with E-state index in [1.807, 2.05) is 12.2 Å². The highest BCUT2D eigenvalue weighted by molar-refractivity contribution is 7.80. The second-order valence-electron chi connectivity index (χ2n) is 6.59. The molecule has 1 unspecified atom stereocenters. The molecule has 28 heavy (non-hydrogen) atoms. The van der Waals surface area contributed by atoms with Crippen LogP contribution in [0.25, 0.3) is 0 Å². The molecule has 0 radical (unpaired) electrons. The number of aliphatic carboxylic acids is 1. The Hall–Kier alpha value is -2.00. The Labute approximate surface area is 177 Å². The molecule has 0 rings (SSSR count). The summed E-state index contributed by atoms with van der Waals surface area (Å²) in [6, 6.07) is 0. The summed E-state index contributed by atoms with van der Waals surface area (Å²) in [5, 5.41) is 9.14. The van der Waals surface area contributed by atoms with Gasteiger partial charge in [0.1, 0.15) is 0 Å². The number of hydrogen-bond donors (Lipinski definition) is 1. The zero-order valence-electron chi connectivity index (χ0n) is 17.4. The van der Waals surface area contributed by atoms with E-state index in [0.29, 0.717) is 12.8 Å². The monoisotopic (exact) mass is 400 g/mol. The highest BCUT2D eigenvalue weighted by Gasteiger charge is 2.15. The summed E-state index contributed by atoms with van der Waals surface area (Å²) in [4.78, 5) is 11.9. The number of carboxylic acid groups (broad SMARTS) is 1. The van der Waals surface area contributed by atoms with Gasteiger partial charge >= 0.3 is 5.97 Å². The summed E-state index contributed by atoms with van der Waals surface area (Å²) in [5.41, 5.74) is 0. The van der Waals surface area contributed by atoms with Gasteiger partial charge in [0.15, 0.2) is 0 Å². The average Bonchev–Trinajstić information content (AvgIpc) is 2.65. The summed E-state index contributed by atoms with van der Waals surface area (Å²) in [5.74, 6) is -1.18. The molecule has 0 saturated heterocycles. The minimum absolute atomic E-state index is 0.401. The molecule has 0 fully saturated rings. The van der Waals surface area contributed by atoms with Crippen molar-refractivity contribution >= 4 is 23.1 Å². The van der Waals surface area contributed by atoms with Crippen molar-refractivity contribution in [2.75, 3.05) is 0 Å². The molecular weight excluding hydrogens is 364 g/mol. The SMILES string of the molecule is CCC=CCC=CCC=CCC=CCC=CCC=CCC(CC(C)=S)C(=O)O. The van der Waals surface area contributed by atoms with E-state index < -0.39 is 11.9 Å². The zero-order chi connectivity index (χ0) is 20.9. The Kier molecular flexibility index (Phi) is 18.3. The van der Waals surface area contributed by atoms with Crippen molar-refractivity contribution in [2.24, 2.45) is 5.92 Å². The number of thiocarbonyl (C=S) groups is 1. The zero-order valence-corrected chi connectivity index (χ0v) is 18.2. The first kappa shape index (κ1) is 26.0. The van der Waals surface area contributed by atoms with Gasteiger partial charge in [-0.3, -0.25) is 4.79 Å². The Morgan fingerprint density at radius 1 is 0.750 bits per heavy atom. The van der Waals surface area contributed by atoms with Crippen LogP contribution >= 0.6 is 12.2 Å². The molecule has 2 nitrogen and oxygen atoms in total. The number of allylic oxidation sites excluding steroid dienone is 12. The van der Waals surface area contributed by atoms with E-state index in [9.17, 15) is 4.79 Å². The molecule has 0 bridgehead atoms. The lowest BCUT2D eigenvalue weighted by molar-refractivity contribution is -0.141. The second kappa shape index (κ2) is 19.8. The van der Waals surface area contributed by atoms with Crippen LogP contribution < -0.4 is 0 Å². The summed E-state index contributed by atoms with van der Waals surface area (Å²) < 4.78 is 0. The minimum atomic E-state index is -0.774. The van der Waals surface area contributed by atoms with E-state index in [2.05, 4.69) is 67.7 Å². The third-order valence-corrected chi connectivity index (χ3v) is 4.07. The second-order valence-corrected chi connectivity index (χ2v) is 7.29. The van der Waals surface area contributed by atoms with Gasteiger partial charge in [0, 0.05) is 0 Å². The van der Waals surface area contributed by atoms with Crippen molar-refractivity contribution in [1.82, 2.24) is 0 Å². The van der Waals surface area contributed by atoms with Crippen LogP contribution in [-0.4, -0.2) is 15.9 Å². The van der Waals surface area contributed by atoms with E-state index in [-0.39, 0.29) is 0 Å². The summed E-state index contributed by atoms with van der Waals surface area (Å²) >= 11 is 5.00. The third kappa shape index (κ3) is 18.8. The largest absolute Gasteiger partial charge is 0.481 e. The Balaban J connectivity index is 3.77. The number of carboxylic acids is 1. The van der Waals surface area contributed by atoms with Gasteiger partial charge in [0.25, 0.3) is 0 Å². The lowest BCUT2D eigenvalue weighted by atomic mass is 9.99. The molecule has 0 spiro atoms. The van der Waals surface area contributed by atoms with Gasteiger partial charge in [0.05, 0.1) is 5.92 Å². The Morgan fingerprint density at radius 2 is 1.11 bits per heavy atom. The molecule has 0 aliphatic rings. The molecule has 0 aromatic heterocycles. The standard InChI is InChI=1S/C25H36O2S/c1-3-4-5-6-7-8-9-10-11-12-13-14-15-16-17-18-19-20-21-24(25(26)27)22-23(2)28/h4-5,7-8,10-11,13-14,16-17,19-20,24H,3,6,9,12,15,18,21-22H2,1-2H3,(H,26,27). The molecule has 3 heteroatoms. The third-order valence-electron chi connectivity index (χ3n) is 3.90. The van der Waals surface area contributed by atoms with Crippen LogP contribution in [0.15, 0.2) is 72.9 Å². The average molecular weight is 401 g/mol. The van der Waals surface area contributed by atoms with Crippen molar-refractivity contribution in [3.8, 4) is 0 Å². The maximum atomic E-state index is 11.1. The lowest BCUT2D eigenvalue weighted by Crippen LogP contribution is -2.15. The van der Waals surface area contributed by atoms with Crippen LogP contribution in [0.3, 0.4) is 0 Å². The van der Waals surface area contributed by atoms with Gasteiger partial charge in [0.2, 0.25) is 0 Å². The summed E-state index contributed by atoms with van der Waals surface area (Å²) in [6.45, 7) is 3.94. The van der Waals surface area contributed by atoms with Crippen LogP contribution in [0.4, 0.5) is 0 Å². The Morgan fingerprint density at radius 3 is 1.43 bits per heavy atom. The molecule has 154 valence electrons. The quantitative estimate of drug-likeness (QED) is 0.214. The minimum Gasteiger partial charge on any atom is -0.481 e. The molecule has 0 amide bonds. The summed E-state index contributed by atoms with van der Waals surface area (Å²) in [6.07, 6.45) is 32.6. The van der Waals surface area contributed by atoms with Crippen LogP contribution in [0.5, 0.6) is 0 Å². The van der Waals surface area contributed by atoms with Gasteiger partial charge in [-0.25, -0.2) is 0 Å². The fraction of sp³-hybridized carbons (Fsp3) is 0.440. The molecule has 0 heterocycles. The van der Waals surface area contributed by atoms with Crippen LogP contribution in [-0.2, 0) is 4.79 Å². The molecule has 1 N–H and O–H groups in total. The maximum Gasteiger partial charge on any atom is 0.307 e. The summed E-state index contributed by atoms with van der Waals surface area (Å²) in [7, 11) is 0. The Bertz CT molecular complexity index is 592. The first-order valence-corrected chi connectivity index (χ1v) is 10.6. The van der Waals surface area contributed by atoms with Gasteiger partial charge in [-0.2, -0.15) is 0 Å². The van der Waals surface area contributed by atoms with Gasteiger partial charge < -0.3 is 5.11 Å². The van der Waals surface area contributed by atoms with Crippen molar-refractivity contribution in [3.05, 3.63) is 72.9 Å². The van der Waals surface area contributed by atoms with E-state index >= 15 is 0 Å². The maximum absolute atomic E-state index is 11.1. The first-order chi connectivity index (χ1) is 13.6. The molecule has 0 aromatic rings. The van der Waals surface area contributed by atoms with Crippen molar-refractivity contribution < 1.29 is 9.90 Å². The van der Waals surface area contributed by atoms with Crippen molar-refractivity contribution in [3.63, 3.8) is 0 Å². The lowest BCUT2D eigenvalue weighted by Gasteiger charge is -2.07. The van der Waals surface area contributed by atoms with Crippen LogP contribution in [0, 0.1) is 5.92 Å². The van der Waals surface area contributed by atoms with Gasteiger partial charge in [-0.1, -0.05) is 92.1 Å². The van der Waals surface area contributed by atoms with Gasteiger partial charge in [-0.15, -0.1) is 0 Å². The van der Waals surface area contributed by atoms with Crippen molar-refractivity contribution in [2.45, 2.75) is 65.2 Å². The highest BCUT2D eigenvalue weighted by atomic mass is 32.1. The fourth-order valence-electron chi connectivity index (χ4n) is 2.40. The predicted molar refractivity (Wildman–Crippen MR) is 127 cm³/mol. The molecule has 0 aliphatic heterocycles. The number of hydrogen-bond acceptors (Lipinski definition) is 2. The van der Waals surface area contributed by atoms with Crippen LogP contribution in [0.1, 0.15) is 65.2 Å². The van der Waals surface area contributed by atoms with Crippen LogP contribution in [0.2, 0.25) is 0 Å². The highest BCUT2D eigenvalue weighted by Crippen LogP contribution is 2.11. The molecule has 0 aliphatic carbocycles. The van der Waals surface area contributed by atoms with E-state index in [1.165, 1.54) is 0 Å². The van der Waals surface area contributed by atoms with E-state index in [1.54, 1.807) is 6.92 Å². The molecule has 1 atom stereocenters. The normalized spacial score (nSPS) is 13.9. The van der Waals surface area contributed by atoms with E-state index in [4.69, 9.17) is 17.3 Å². The van der Waals surface area contributed by atoms with Crippen molar-refractivity contribution in [1.29, 1.82) is 0 Å². The fourth-order valence-corrected chi connectivity index (χ4v) is 2.60. The predicted octanol–water partition coefficient (Wildman–Crippen LogP) is 7.55.